The smallest absolute Gasteiger partial charge is 0.147 e. The standard InChI is InChI=1S/C15H20N4/c1-12(2)19(11-13-6-4-3-5-7-13)15-10-17-9-14(8-16)18-15/h3-7,9-10,12H,8,11,16H2,1-2H3. The highest BCUT2D eigenvalue weighted by molar-refractivity contribution is 5.39. The van der Waals surface area contributed by atoms with Gasteiger partial charge in [-0.05, 0) is 19.4 Å². The van der Waals surface area contributed by atoms with Gasteiger partial charge in [0, 0.05) is 25.3 Å². The molecule has 1 heterocycles. The first-order chi connectivity index (χ1) is 9.20. The Morgan fingerprint density at radius 2 is 1.89 bits per heavy atom. The van der Waals surface area contributed by atoms with Gasteiger partial charge in [0.05, 0.1) is 11.9 Å². The van der Waals surface area contributed by atoms with E-state index in [1.54, 1.807) is 12.4 Å². The molecule has 0 amide bonds. The van der Waals surface area contributed by atoms with Crippen molar-refractivity contribution in [2.75, 3.05) is 4.90 Å². The Morgan fingerprint density at radius 3 is 2.53 bits per heavy atom. The normalized spacial score (nSPS) is 10.7. The molecular weight excluding hydrogens is 236 g/mol. The molecule has 4 nitrogen and oxygen atoms in total. The molecule has 2 aromatic rings. The molecule has 0 atom stereocenters. The van der Waals surface area contributed by atoms with E-state index >= 15 is 0 Å². The van der Waals surface area contributed by atoms with Gasteiger partial charge in [-0.1, -0.05) is 30.3 Å². The summed E-state index contributed by atoms with van der Waals surface area (Å²) in [5, 5.41) is 0. The molecule has 19 heavy (non-hydrogen) atoms. The number of rotatable bonds is 5. The van der Waals surface area contributed by atoms with E-state index in [0.717, 1.165) is 18.1 Å². The van der Waals surface area contributed by atoms with Crippen LogP contribution in [-0.4, -0.2) is 16.0 Å². The first-order valence-electron chi connectivity index (χ1n) is 6.52. The van der Waals surface area contributed by atoms with Crippen LogP contribution >= 0.6 is 0 Å². The minimum atomic E-state index is 0.350. The molecule has 0 aliphatic heterocycles. The van der Waals surface area contributed by atoms with Gasteiger partial charge in [0.15, 0.2) is 0 Å². The summed E-state index contributed by atoms with van der Waals surface area (Å²) >= 11 is 0. The fourth-order valence-electron chi connectivity index (χ4n) is 1.94. The molecule has 0 bridgehead atoms. The lowest BCUT2D eigenvalue weighted by Gasteiger charge is -2.28. The summed E-state index contributed by atoms with van der Waals surface area (Å²) in [6, 6.07) is 10.7. The third-order valence-corrected chi connectivity index (χ3v) is 2.99. The fourth-order valence-corrected chi connectivity index (χ4v) is 1.94. The van der Waals surface area contributed by atoms with Crippen LogP contribution < -0.4 is 10.6 Å². The summed E-state index contributed by atoms with van der Waals surface area (Å²) in [6.45, 7) is 5.54. The van der Waals surface area contributed by atoms with Crippen molar-refractivity contribution in [2.24, 2.45) is 5.73 Å². The van der Waals surface area contributed by atoms with Gasteiger partial charge in [0.1, 0.15) is 5.82 Å². The predicted octanol–water partition coefficient (Wildman–Crippen LogP) is 2.35. The van der Waals surface area contributed by atoms with E-state index in [2.05, 4.69) is 53.0 Å². The summed E-state index contributed by atoms with van der Waals surface area (Å²) in [6.07, 6.45) is 3.51. The lowest BCUT2D eigenvalue weighted by Crippen LogP contribution is -2.31. The van der Waals surface area contributed by atoms with Crippen molar-refractivity contribution in [3.05, 3.63) is 54.0 Å². The monoisotopic (exact) mass is 256 g/mol. The average molecular weight is 256 g/mol. The summed E-state index contributed by atoms with van der Waals surface area (Å²) in [7, 11) is 0. The quantitative estimate of drug-likeness (QED) is 0.892. The highest BCUT2D eigenvalue weighted by atomic mass is 15.2. The molecule has 4 heteroatoms. The van der Waals surface area contributed by atoms with Crippen LogP contribution in [0.3, 0.4) is 0 Å². The Hall–Kier alpha value is -1.94. The van der Waals surface area contributed by atoms with Gasteiger partial charge in [-0.15, -0.1) is 0 Å². The van der Waals surface area contributed by atoms with Crippen molar-refractivity contribution in [3.8, 4) is 0 Å². The van der Waals surface area contributed by atoms with Crippen molar-refractivity contribution in [2.45, 2.75) is 33.0 Å². The number of nitrogens with two attached hydrogens (primary N) is 1. The molecule has 1 aromatic carbocycles. The lowest BCUT2D eigenvalue weighted by atomic mass is 10.2. The van der Waals surface area contributed by atoms with E-state index in [4.69, 9.17) is 5.73 Å². The second-order valence-electron chi connectivity index (χ2n) is 4.78. The zero-order valence-corrected chi connectivity index (χ0v) is 11.5. The van der Waals surface area contributed by atoms with Crippen LogP contribution in [0.2, 0.25) is 0 Å². The van der Waals surface area contributed by atoms with Crippen molar-refractivity contribution in [1.82, 2.24) is 9.97 Å². The minimum absolute atomic E-state index is 0.350. The SMILES string of the molecule is CC(C)N(Cc1ccccc1)c1cncc(CN)n1. The van der Waals surface area contributed by atoms with Crippen molar-refractivity contribution in [3.63, 3.8) is 0 Å². The van der Waals surface area contributed by atoms with Crippen LogP contribution in [-0.2, 0) is 13.1 Å². The Labute approximate surface area is 114 Å². The topological polar surface area (TPSA) is 55.0 Å². The summed E-state index contributed by atoms with van der Waals surface area (Å²) in [5.74, 6) is 0.877. The van der Waals surface area contributed by atoms with Crippen LogP contribution in [0.25, 0.3) is 0 Å². The van der Waals surface area contributed by atoms with Gasteiger partial charge in [0.25, 0.3) is 0 Å². The largest absolute Gasteiger partial charge is 0.349 e. The summed E-state index contributed by atoms with van der Waals surface area (Å²) in [5.41, 5.74) is 7.70. The molecule has 2 rings (SSSR count). The number of nitrogens with zero attached hydrogens (tertiary/aromatic N) is 3. The highest BCUT2D eigenvalue weighted by Gasteiger charge is 2.13. The molecule has 0 aliphatic carbocycles. The van der Waals surface area contributed by atoms with Crippen LogP contribution in [0.4, 0.5) is 5.82 Å². The van der Waals surface area contributed by atoms with Crippen LogP contribution in [0.1, 0.15) is 25.1 Å². The zero-order valence-electron chi connectivity index (χ0n) is 11.5. The molecule has 0 fully saturated rings. The second kappa shape index (κ2) is 6.29. The molecule has 0 spiro atoms. The molecule has 0 radical (unpaired) electrons. The highest BCUT2D eigenvalue weighted by Crippen LogP contribution is 2.17. The van der Waals surface area contributed by atoms with Crippen LogP contribution in [0.15, 0.2) is 42.7 Å². The zero-order chi connectivity index (χ0) is 13.7. The van der Waals surface area contributed by atoms with Crippen LogP contribution in [0, 0.1) is 0 Å². The van der Waals surface area contributed by atoms with E-state index < -0.39 is 0 Å². The summed E-state index contributed by atoms with van der Waals surface area (Å²) in [4.78, 5) is 11.0. The predicted molar refractivity (Wildman–Crippen MR) is 77.7 cm³/mol. The van der Waals surface area contributed by atoms with Gasteiger partial charge < -0.3 is 10.6 Å². The number of hydrogen-bond acceptors (Lipinski definition) is 4. The van der Waals surface area contributed by atoms with Crippen molar-refractivity contribution >= 4 is 5.82 Å². The van der Waals surface area contributed by atoms with Crippen molar-refractivity contribution in [1.29, 1.82) is 0 Å². The Bertz CT molecular complexity index is 511. The maximum atomic E-state index is 5.63. The van der Waals surface area contributed by atoms with E-state index in [9.17, 15) is 0 Å². The van der Waals surface area contributed by atoms with Gasteiger partial charge >= 0.3 is 0 Å². The molecular formula is C15H20N4. The average Bonchev–Trinajstić information content (AvgIpc) is 2.45. The third kappa shape index (κ3) is 3.51. The van der Waals surface area contributed by atoms with Gasteiger partial charge in [-0.2, -0.15) is 0 Å². The van der Waals surface area contributed by atoms with E-state index in [1.165, 1.54) is 5.56 Å². The molecule has 1 aromatic heterocycles. The molecule has 0 unspecified atom stereocenters. The maximum Gasteiger partial charge on any atom is 0.147 e. The Morgan fingerprint density at radius 1 is 1.16 bits per heavy atom. The first kappa shape index (κ1) is 13.5. The van der Waals surface area contributed by atoms with Gasteiger partial charge in [0.2, 0.25) is 0 Å². The molecule has 100 valence electrons. The fraction of sp³-hybridized carbons (Fsp3) is 0.333. The molecule has 0 aliphatic rings. The minimum Gasteiger partial charge on any atom is -0.349 e. The molecule has 0 saturated heterocycles. The second-order valence-corrected chi connectivity index (χ2v) is 4.78. The maximum absolute atomic E-state index is 5.63. The van der Waals surface area contributed by atoms with Crippen molar-refractivity contribution < 1.29 is 0 Å². The van der Waals surface area contributed by atoms with Crippen LogP contribution in [0.5, 0.6) is 0 Å². The third-order valence-electron chi connectivity index (χ3n) is 2.99. The van der Waals surface area contributed by atoms with Gasteiger partial charge in [-0.3, -0.25) is 4.98 Å². The Balaban J connectivity index is 2.24. The number of aromatic nitrogens is 2. The lowest BCUT2D eigenvalue weighted by molar-refractivity contribution is 0.667. The first-order valence-corrected chi connectivity index (χ1v) is 6.52. The van der Waals surface area contributed by atoms with E-state index in [0.29, 0.717) is 12.6 Å². The summed E-state index contributed by atoms with van der Waals surface area (Å²) < 4.78 is 0. The Kier molecular flexibility index (Phi) is 4.47. The van der Waals surface area contributed by atoms with E-state index in [-0.39, 0.29) is 0 Å². The number of hydrogen-bond donors (Lipinski definition) is 1. The molecule has 0 saturated carbocycles. The van der Waals surface area contributed by atoms with E-state index in [1.807, 2.05) is 6.07 Å². The number of benzene rings is 1. The molecule has 2 N–H and O–H groups in total. The number of anilines is 1. The van der Waals surface area contributed by atoms with Gasteiger partial charge in [-0.25, -0.2) is 4.98 Å².